The topological polar surface area (TPSA) is 67.9 Å². The molecule has 4 rings (SSSR count). The van der Waals surface area contributed by atoms with Crippen molar-refractivity contribution in [2.45, 2.75) is 51.6 Å². The van der Waals surface area contributed by atoms with Crippen LogP contribution < -0.4 is 15.0 Å². The number of nitrogens with one attached hydrogen (secondary N) is 1. The Morgan fingerprint density at radius 1 is 1.16 bits per heavy atom. The highest BCUT2D eigenvalue weighted by atomic mass is 16.5. The normalized spacial score (nSPS) is 18.0. The first-order valence-electron chi connectivity index (χ1n) is 10.9. The molecule has 0 spiro atoms. The maximum absolute atomic E-state index is 12.8. The van der Waals surface area contributed by atoms with Gasteiger partial charge in [0.25, 0.3) is 11.8 Å². The van der Waals surface area contributed by atoms with E-state index in [0.29, 0.717) is 24.6 Å². The smallest absolute Gasteiger partial charge is 0.262 e. The van der Waals surface area contributed by atoms with Crippen molar-refractivity contribution in [1.82, 2.24) is 0 Å². The third kappa shape index (κ3) is 4.90. The van der Waals surface area contributed by atoms with E-state index in [9.17, 15) is 9.59 Å². The van der Waals surface area contributed by atoms with E-state index in [1.807, 2.05) is 42.5 Å². The van der Waals surface area contributed by atoms with Crippen molar-refractivity contribution in [2.24, 2.45) is 0 Å². The van der Waals surface area contributed by atoms with E-state index in [1.54, 1.807) is 4.90 Å². The lowest BCUT2D eigenvalue weighted by Crippen LogP contribution is -2.37. The Kier molecular flexibility index (Phi) is 6.01. The Hall–Kier alpha value is -2.86. The number of nitrogens with zero attached hydrogens (tertiary/aromatic N) is 1. The Morgan fingerprint density at radius 3 is 2.61 bits per heavy atom. The second kappa shape index (κ2) is 8.71. The molecule has 31 heavy (non-hydrogen) atoms. The molecule has 0 aliphatic carbocycles. The zero-order valence-corrected chi connectivity index (χ0v) is 18.4. The van der Waals surface area contributed by atoms with Gasteiger partial charge in [0.15, 0.2) is 6.61 Å². The molecule has 1 saturated heterocycles. The quantitative estimate of drug-likeness (QED) is 0.789. The van der Waals surface area contributed by atoms with Gasteiger partial charge < -0.3 is 19.7 Å². The molecule has 2 aromatic rings. The van der Waals surface area contributed by atoms with Crippen LogP contribution in [0.25, 0.3) is 0 Å². The summed E-state index contributed by atoms with van der Waals surface area (Å²) in [6.45, 7) is 7.68. The number of hydrogen-bond donors (Lipinski definition) is 1. The van der Waals surface area contributed by atoms with Crippen LogP contribution in [0.3, 0.4) is 0 Å². The zero-order valence-electron chi connectivity index (χ0n) is 18.4. The summed E-state index contributed by atoms with van der Waals surface area (Å²) in [4.78, 5) is 27.0. The van der Waals surface area contributed by atoms with Gasteiger partial charge in [-0.05, 0) is 60.1 Å². The zero-order chi connectivity index (χ0) is 22.0. The molecule has 1 atom stereocenters. The van der Waals surface area contributed by atoms with Crippen LogP contribution in [-0.4, -0.2) is 37.7 Å². The molecular formula is C25H30N2O4. The van der Waals surface area contributed by atoms with Crippen molar-refractivity contribution in [1.29, 1.82) is 0 Å². The molecule has 0 saturated carbocycles. The number of carbonyl (C=O) groups excluding carboxylic acids is 2. The lowest BCUT2D eigenvalue weighted by Gasteiger charge is -2.21. The fourth-order valence-electron chi connectivity index (χ4n) is 4.03. The third-order valence-corrected chi connectivity index (χ3v) is 5.83. The van der Waals surface area contributed by atoms with E-state index < -0.39 is 0 Å². The summed E-state index contributed by atoms with van der Waals surface area (Å²) in [5.41, 5.74) is 3.91. The lowest BCUT2D eigenvalue weighted by molar-refractivity contribution is -0.127. The van der Waals surface area contributed by atoms with Gasteiger partial charge in [-0.25, -0.2) is 0 Å². The number of ether oxygens (including phenoxy) is 2. The first kappa shape index (κ1) is 21.4. The minimum absolute atomic E-state index is 0.0155. The standard InChI is InChI=1S/C25H30N2O4/c1-25(2,3)18-7-10-20(11-8-18)31-16-23(28)26-19-9-6-17-12-13-27(21(17)15-19)24(29)22-5-4-14-30-22/h6-11,15,22H,4-5,12-14,16H2,1-3H3,(H,26,28)/t22-/m0/s1. The molecule has 2 amide bonds. The van der Waals surface area contributed by atoms with Crippen molar-refractivity contribution in [3.05, 3.63) is 53.6 Å². The summed E-state index contributed by atoms with van der Waals surface area (Å²) in [6.07, 6.45) is 2.17. The average molecular weight is 423 g/mol. The minimum atomic E-state index is -0.345. The Balaban J connectivity index is 1.36. The second-order valence-corrected chi connectivity index (χ2v) is 9.20. The van der Waals surface area contributed by atoms with Crippen LogP contribution in [0.15, 0.2) is 42.5 Å². The molecule has 2 aromatic carbocycles. The fraction of sp³-hybridized carbons (Fsp3) is 0.440. The van der Waals surface area contributed by atoms with E-state index in [0.717, 1.165) is 30.5 Å². The molecule has 1 fully saturated rings. The van der Waals surface area contributed by atoms with Crippen molar-refractivity contribution in [2.75, 3.05) is 30.0 Å². The molecule has 1 N–H and O–H groups in total. The predicted molar refractivity (Wildman–Crippen MR) is 121 cm³/mol. The van der Waals surface area contributed by atoms with Crippen molar-refractivity contribution >= 4 is 23.2 Å². The molecule has 0 aromatic heterocycles. The number of benzene rings is 2. The van der Waals surface area contributed by atoms with Crippen LogP contribution >= 0.6 is 0 Å². The molecule has 0 radical (unpaired) electrons. The van der Waals surface area contributed by atoms with Crippen molar-refractivity contribution < 1.29 is 19.1 Å². The maximum Gasteiger partial charge on any atom is 0.262 e. The molecule has 2 aliphatic rings. The van der Waals surface area contributed by atoms with Gasteiger partial charge in [-0.2, -0.15) is 0 Å². The molecule has 2 heterocycles. The Labute approximate surface area is 183 Å². The Morgan fingerprint density at radius 2 is 1.94 bits per heavy atom. The summed E-state index contributed by atoms with van der Waals surface area (Å²) < 4.78 is 11.2. The number of amides is 2. The summed E-state index contributed by atoms with van der Waals surface area (Å²) in [6, 6.07) is 13.5. The highest BCUT2D eigenvalue weighted by Crippen LogP contribution is 2.32. The van der Waals surface area contributed by atoms with Gasteiger partial charge in [-0.1, -0.05) is 39.0 Å². The van der Waals surface area contributed by atoms with Crippen LogP contribution in [-0.2, 0) is 26.2 Å². The second-order valence-electron chi connectivity index (χ2n) is 9.20. The van der Waals surface area contributed by atoms with Crippen molar-refractivity contribution in [3.8, 4) is 5.75 Å². The largest absolute Gasteiger partial charge is 0.484 e. The summed E-state index contributed by atoms with van der Waals surface area (Å²) in [5.74, 6) is 0.432. The van der Waals surface area contributed by atoms with Gasteiger partial charge in [-0.3, -0.25) is 9.59 Å². The van der Waals surface area contributed by atoms with E-state index in [-0.39, 0.29) is 29.9 Å². The molecule has 164 valence electrons. The van der Waals surface area contributed by atoms with Crippen LogP contribution in [0.5, 0.6) is 5.75 Å². The maximum atomic E-state index is 12.8. The summed E-state index contributed by atoms with van der Waals surface area (Å²) in [7, 11) is 0. The number of anilines is 2. The Bertz CT molecular complexity index is 956. The van der Waals surface area contributed by atoms with Gasteiger partial charge in [0, 0.05) is 24.5 Å². The SMILES string of the molecule is CC(C)(C)c1ccc(OCC(=O)Nc2ccc3c(c2)N(C(=O)[C@@H]2CCCO2)CC3)cc1. The van der Waals surface area contributed by atoms with E-state index in [1.165, 1.54) is 5.56 Å². The monoisotopic (exact) mass is 422 g/mol. The minimum Gasteiger partial charge on any atom is -0.484 e. The van der Waals surface area contributed by atoms with Gasteiger partial charge >= 0.3 is 0 Å². The van der Waals surface area contributed by atoms with Gasteiger partial charge in [-0.15, -0.1) is 0 Å². The van der Waals surface area contributed by atoms with Gasteiger partial charge in [0.05, 0.1) is 0 Å². The fourth-order valence-corrected chi connectivity index (χ4v) is 4.03. The molecule has 0 unspecified atom stereocenters. The highest BCUT2D eigenvalue weighted by Gasteiger charge is 2.32. The van der Waals surface area contributed by atoms with Crippen LogP contribution in [0.4, 0.5) is 11.4 Å². The summed E-state index contributed by atoms with van der Waals surface area (Å²) in [5, 5.41) is 2.87. The van der Waals surface area contributed by atoms with E-state index >= 15 is 0 Å². The van der Waals surface area contributed by atoms with Gasteiger partial charge in [0.2, 0.25) is 0 Å². The third-order valence-electron chi connectivity index (χ3n) is 5.83. The number of rotatable bonds is 5. The molecule has 0 bridgehead atoms. The van der Waals surface area contributed by atoms with Crippen molar-refractivity contribution in [3.63, 3.8) is 0 Å². The molecule has 6 nitrogen and oxygen atoms in total. The van der Waals surface area contributed by atoms with Gasteiger partial charge in [0.1, 0.15) is 11.9 Å². The van der Waals surface area contributed by atoms with E-state index in [4.69, 9.17) is 9.47 Å². The first-order chi connectivity index (χ1) is 14.8. The van der Waals surface area contributed by atoms with Crippen LogP contribution in [0, 0.1) is 0 Å². The predicted octanol–water partition coefficient (Wildman–Crippen LogP) is 4.07. The first-order valence-corrected chi connectivity index (χ1v) is 10.9. The number of hydrogen-bond acceptors (Lipinski definition) is 4. The van der Waals surface area contributed by atoms with Crippen LogP contribution in [0.2, 0.25) is 0 Å². The average Bonchev–Trinajstić information content (AvgIpc) is 3.41. The molecule has 2 aliphatic heterocycles. The number of carbonyl (C=O) groups is 2. The van der Waals surface area contributed by atoms with Crippen LogP contribution in [0.1, 0.15) is 44.7 Å². The lowest BCUT2D eigenvalue weighted by atomic mass is 9.87. The van der Waals surface area contributed by atoms with E-state index in [2.05, 4.69) is 26.1 Å². The molecular weight excluding hydrogens is 392 g/mol. The highest BCUT2D eigenvalue weighted by molar-refractivity contribution is 6.00. The molecule has 6 heteroatoms. The number of fused-ring (bicyclic) bond motifs is 1. The summed E-state index contributed by atoms with van der Waals surface area (Å²) >= 11 is 0.